The highest BCUT2D eigenvalue weighted by Gasteiger charge is 2.29. The molecule has 0 bridgehead atoms. The van der Waals surface area contributed by atoms with Gasteiger partial charge in [-0.1, -0.05) is 0 Å². The number of amides is 1. The molecule has 0 radical (unpaired) electrons. The number of nitrogens with one attached hydrogen (secondary N) is 1. The van der Waals surface area contributed by atoms with Gasteiger partial charge < -0.3 is 10.8 Å². The van der Waals surface area contributed by atoms with Crippen molar-refractivity contribution in [3.05, 3.63) is 0 Å². The van der Waals surface area contributed by atoms with Crippen LogP contribution in [0.1, 0.15) is 20.3 Å². The summed E-state index contributed by atoms with van der Waals surface area (Å²) >= 11 is 0. The molecule has 0 spiro atoms. The van der Waals surface area contributed by atoms with Crippen LogP contribution in [0.4, 0.5) is 0 Å². The Morgan fingerprint density at radius 2 is 1.88 bits per heavy atom. The Morgan fingerprint density at radius 3 is 2.18 bits per heavy atom. The van der Waals surface area contributed by atoms with Crippen LogP contribution in [0.25, 0.3) is 0 Å². The van der Waals surface area contributed by atoms with E-state index in [0.717, 1.165) is 4.31 Å². The topological polar surface area (TPSA) is 130 Å². The van der Waals surface area contributed by atoms with Gasteiger partial charge in [0.05, 0.1) is 6.42 Å². The second-order valence-corrected chi connectivity index (χ2v) is 5.56. The number of primary amides is 1. The lowest BCUT2D eigenvalue weighted by atomic mass is 10.2. The average molecular weight is 267 g/mol. The molecule has 0 aromatic heterocycles. The highest BCUT2D eigenvalue weighted by atomic mass is 32.2. The first kappa shape index (κ1) is 15.8. The fourth-order valence-electron chi connectivity index (χ4n) is 0.921. The first-order chi connectivity index (χ1) is 7.58. The van der Waals surface area contributed by atoms with E-state index < -0.39 is 34.5 Å². The van der Waals surface area contributed by atoms with Crippen molar-refractivity contribution in [3.8, 4) is 0 Å². The van der Waals surface area contributed by atoms with Gasteiger partial charge in [-0.3, -0.25) is 9.59 Å². The number of carbonyl (C=O) groups is 2. The second-order valence-electron chi connectivity index (χ2n) is 3.79. The normalized spacial score (nSPS) is 13.9. The van der Waals surface area contributed by atoms with Crippen LogP contribution < -0.4 is 10.5 Å². The lowest BCUT2D eigenvalue weighted by Crippen LogP contribution is -2.50. The van der Waals surface area contributed by atoms with Crippen molar-refractivity contribution in [1.29, 1.82) is 0 Å². The SMILES string of the molecule is CC(C)N(C)S(=O)(=O)N[C@@H](CC(N)=O)C(=O)O. The van der Waals surface area contributed by atoms with E-state index in [-0.39, 0.29) is 6.04 Å². The molecule has 0 aliphatic carbocycles. The number of hydrogen-bond acceptors (Lipinski definition) is 4. The summed E-state index contributed by atoms with van der Waals surface area (Å²) in [4.78, 5) is 21.4. The zero-order valence-corrected chi connectivity index (χ0v) is 10.7. The van der Waals surface area contributed by atoms with Crippen molar-refractivity contribution in [1.82, 2.24) is 9.03 Å². The summed E-state index contributed by atoms with van der Waals surface area (Å²) < 4.78 is 26.2. The average Bonchev–Trinajstić information content (AvgIpc) is 2.14. The van der Waals surface area contributed by atoms with Crippen LogP contribution in [-0.4, -0.2) is 48.8 Å². The van der Waals surface area contributed by atoms with Crippen LogP contribution in [0.2, 0.25) is 0 Å². The zero-order valence-electron chi connectivity index (χ0n) is 9.87. The third kappa shape index (κ3) is 5.11. The molecule has 9 heteroatoms. The number of aliphatic carboxylic acids is 1. The van der Waals surface area contributed by atoms with Crippen molar-refractivity contribution in [2.45, 2.75) is 32.4 Å². The van der Waals surface area contributed by atoms with Crippen LogP contribution in [0.3, 0.4) is 0 Å². The molecule has 0 heterocycles. The maximum atomic E-state index is 11.7. The highest BCUT2D eigenvalue weighted by Crippen LogP contribution is 2.03. The maximum absolute atomic E-state index is 11.7. The summed E-state index contributed by atoms with van der Waals surface area (Å²) in [6.45, 7) is 3.26. The summed E-state index contributed by atoms with van der Waals surface area (Å²) in [5, 5.41) is 8.75. The van der Waals surface area contributed by atoms with Crippen LogP contribution in [0.5, 0.6) is 0 Å². The van der Waals surface area contributed by atoms with Crippen molar-refractivity contribution >= 4 is 22.1 Å². The van der Waals surface area contributed by atoms with Crippen molar-refractivity contribution in [2.24, 2.45) is 5.73 Å². The van der Waals surface area contributed by atoms with Crippen LogP contribution >= 0.6 is 0 Å². The lowest BCUT2D eigenvalue weighted by Gasteiger charge is -2.23. The molecule has 0 rings (SSSR count). The molecular formula is C8H17N3O5S. The minimum Gasteiger partial charge on any atom is -0.480 e. The first-order valence-electron chi connectivity index (χ1n) is 4.84. The molecule has 0 saturated carbocycles. The van der Waals surface area contributed by atoms with E-state index >= 15 is 0 Å². The number of carboxylic acids is 1. The minimum absolute atomic E-state index is 0.337. The highest BCUT2D eigenvalue weighted by molar-refractivity contribution is 7.87. The summed E-state index contributed by atoms with van der Waals surface area (Å²) in [6, 6.07) is -1.89. The molecule has 4 N–H and O–H groups in total. The second kappa shape index (κ2) is 5.94. The third-order valence-corrected chi connectivity index (χ3v) is 3.86. The Hall–Kier alpha value is -1.19. The molecule has 1 atom stereocenters. The van der Waals surface area contributed by atoms with E-state index in [1.807, 2.05) is 4.72 Å². The van der Waals surface area contributed by atoms with Crippen molar-refractivity contribution in [2.75, 3.05) is 7.05 Å². The van der Waals surface area contributed by atoms with Gasteiger partial charge in [0.25, 0.3) is 10.2 Å². The molecule has 8 nitrogen and oxygen atoms in total. The zero-order chi connectivity index (χ0) is 13.8. The minimum atomic E-state index is -3.95. The molecule has 0 fully saturated rings. The predicted molar refractivity (Wildman–Crippen MR) is 60.2 cm³/mol. The van der Waals surface area contributed by atoms with Gasteiger partial charge in [0.2, 0.25) is 5.91 Å². The van der Waals surface area contributed by atoms with Crippen LogP contribution in [0, 0.1) is 0 Å². The van der Waals surface area contributed by atoms with E-state index in [9.17, 15) is 18.0 Å². The Morgan fingerprint density at radius 1 is 1.41 bits per heavy atom. The van der Waals surface area contributed by atoms with E-state index in [0.29, 0.717) is 0 Å². The number of nitrogens with two attached hydrogens (primary N) is 1. The van der Waals surface area contributed by atoms with Gasteiger partial charge in [0.1, 0.15) is 6.04 Å². The largest absolute Gasteiger partial charge is 0.480 e. The first-order valence-corrected chi connectivity index (χ1v) is 6.28. The number of nitrogens with zero attached hydrogens (tertiary/aromatic N) is 1. The Bertz CT molecular complexity index is 392. The molecule has 1 amide bonds. The summed E-state index contributed by atoms with van der Waals surface area (Å²) in [7, 11) is -2.65. The standard InChI is InChI=1S/C8H17N3O5S/c1-5(2)11(3)17(15,16)10-6(8(13)14)4-7(9)12/h5-6,10H,4H2,1-3H3,(H2,9,12)(H,13,14)/t6-/m0/s1. The molecule has 0 aliphatic heterocycles. The lowest BCUT2D eigenvalue weighted by molar-refractivity contribution is -0.140. The van der Waals surface area contributed by atoms with Gasteiger partial charge in [-0.25, -0.2) is 0 Å². The quantitative estimate of drug-likeness (QED) is 0.516. The number of carboxylic acid groups (broad SMARTS) is 1. The Kier molecular flexibility index (Phi) is 5.52. The number of carbonyl (C=O) groups excluding carboxylic acids is 1. The van der Waals surface area contributed by atoms with Crippen LogP contribution in [0.15, 0.2) is 0 Å². The van der Waals surface area contributed by atoms with Crippen molar-refractivity contribution in [3.63, 3.8) is 0 Å². The van der Waals surface area contributed by atoms with Gasteiger partial charge >= 0.3 is 5.97 Å². The smallest absolute Gasteiger partial charge is 0.322 e. The summed E-state index contributed by atoms with van der Waals surface area (Å²) in [5.41, 5.74) is 4.84. The number of hydrogen-bond donors (Lipinski definition) is 3. The van der Waals surface area contributed by atoms with Gasteiger partial charge in [0.15, 0.2) is 0 Å². The summed E-state index contributed by atoms with van der Waals surface area (Å²) in [5.74, 6) is -2.35. The Labute approximate surface area is 100.0 Å². The third-order valence-electron chi connectivity index (χ3n) is 2.10. The molecule has 100 valence electrons. The van der Waals surface area contributed by atoms with E-state index in [1.54, 1.807) is 13.8 Å². The summed E-state index contributed by atoms with van der Waals surface area (Å²) in [6.07, 6.45) is -0.597. The molecule has 0 unspecified atom stereocenters. The van der Waals surface area contributed by atoms with E-state index in [4.69, 9.17) is 10.8 Å². The Balaban J connectivity index is 4.88. The molecule has 17 heavy (non-hydrogen) atoms. The monoisotopic (exact) mass is 267 g/mol. The maximum Gasteiger partial charge on any atom is 0.322 e. The van der Waals surface area contributed by atoms with Gasteiger partial charge in [-0.2, -0.15) is 17.4 Å². The van der Waals surface area contributed by atoms with Crippen LogP contribution in [-0.2, 0) is 19.8 Å². The fourth-order valence-corrected chi connectivity index (χ4v) is 2.19. The van der Waals surface area contributed by atoms with Gasteiger partial charge in [0, 0.05) is 13.1 Å². The predicted octanol–water partition coefficient (Wildman–Crippen LogP) is -1.51. The number of rotatable bonds is 7. The van der Waals surface area contributed by atoms with Crippen molar-refractivity contribution < 1.29 is 23.1 Å². The fraction of sp³-hybridized carbons (Fsp3) is 0.750. The van der Waals surface area contributed by atoms with E-state index in [1.165, 1.54) is 7.05 Å². The molecular weight excluding hydrogens is 250 g/mol. The molecule has 0 aromatic rings. The van der Waals surface area contributed by atoms with Gasteiger partial charge in [-0.15, -0.1) is 0 Å². The molecule has 0 saturated heterocycles. The molecule has 0 aliphatic rings. The van der Waals surface area contributed by atoms with E-state index in [2.05, 4.69) is 0 Å². The molecule has 0 aromatic carbocycles. The van der Waals surface area contributed by atoms with Gasteiger partial charge in [-0.05, 0) is 13.8 Å².